The van der Waals surface area contributed by atoms with Gasteiger partial charge >= 0.3 is 0 Å². The minimum Gasteiger partial charge on any atom is -0.497 e. The van der Waals surface area contributed by atoms with E-state index in [4.69, 9.17) is 4.74 Å². The standard InChI is InChI=1S/C23H29N3O4S/c1-30-21-16-14-20(15-17-21)26(31(28,29)22-12-8-5-9-13-22)18-23(27)25-24-19-10-6-3-2-4-7-11-19/h5,8-10,12-17,24H,2-4,6-7,11,18H2,1H3,(H,25,27). The molecule has 0 aliphatic heterocycles. The second-order valence-corrected chi connectivity index (χ2v) is 9.24. The molecule has 166 valence electrons. The monoisotopic (exact) mass is 443 g/mol. The summed E-state index contributed by atoms with van der Waals surface area (Å²) in [7, 11) is -2.39. The topological polar surface area (TPSA) is 87.7 Å². The van der Waals surface area contributed by atoms with Crippen LogP contribution in [-0.4, -0.2) is 28.0 Å². The SMILES string of the molecule is COc1ccc(N(CC(=O)NNC2=CCCCCCC2)S(=O)(=O)c2ccccc2)cc1. The van der Waals surface area contributed by atoms with Gasteiger partial charge in [0.15, 0.2) is 0 Å². The molecule has 2 N–H and O–H groups in total. The van der Waals surface area contributed by atoms with E-state index in [0.29, 0.717) is 11.4 Å². The summed E-state index contributed by atoms with van der Waals surface area (Å²) in [6.07, 6.45) is 8.54. The molecule has 1 aliphatic carbocycles. The first kappa shape index (κ1) is 22.7. The number of anilines is 1. The van der Waals surface area contributed by atoms with Crippen molar-refractivity contribution in [3.8, 4) is 5.75 Å². The molecule has 0 atom stereocenters. The lowest BCUT2D eigenvalue weighted by Gasteiger charge is -2.24. The normalized spacial score (nSPS) is 14.5. The Morgan fingerprint density at radius 3 is 2.42 bits per heavy atom. The number of amides is 1. The third-order valence-electron chi connectivity index (χ3n) is 5.13. The van der Waals surface area contributed by atoms with Gasteiger partial charge in [0.05, 0.1) is 17.7 Å². The Morgan fingerprint density at radius 2 is 1.71 bits per heavy atom. The van der Waals surface area contributed by atoms with Gasteiger partial charge in [0, 0.05) is 5.70 Å². The third-order valence-corrected chi connectivity index (χ3v) is 6.92. The number of methoxy groups -OCH3 is 1. The quantitative estimate of drug-likeness (QED) is 0.607. The van der Waals surface area contributed by atoms with Crippen molar-refractivity contribution < 1.29 is 17.9 Å². The number of nitrogens with one attached hydrogen (secondary N) is 2. The van der Waals surface area contributed by atoms with Crippen LogP contribution in [0, 0.1) is 0 Å². The van der Waals surface area contributed by atoms with E-state index in [9.17, 15) is 13.2 Å². The van der Waals surface area contributed by atoms with Crippen molar-refractivity contribution in [3.63, 3.8) is 0 Å². The van der Waals surface area contributed by atoms with E-state index >= 15 is 0 Å². The zero-order valence-corrected chi connectivity index (χ0v) is 18.5. The summed E-state index contributed by atoms with van der Waals surface area (Å²) in [5.74, 6) is 0.154. The number of carbonyl (C=O) groups is 1. The number of allylic oxidation sites excluding steroid dienone is 2. The second-order valence-electron chi connectivity index (χ2n) is 7.38. The van der Waals surface area contributed by atoms with Gasteiger partial charge in [-0.05, 0) is 62.1 Å². The zero-order valence-electron chi connectivity index (χ0n) is 17.7. The summed E-state index contributed by atoms with van der Waals surface area (Å²) in [6.45, 7) is -0.357. The number of carbonyl (C=O) groups excluding carboxylic acids is 1. The number of hydrogen-bond acceptors (Lipinski definition) is 5. The Hall–Kier alpha value is -3.00. The highest BCUT2D eigenvalue weighted by Gasteiger charge is 2.27. The molecule has 31 heavy (non-hydrogen) atoms. The first-order chi connectivity index (χ1) is 15.0. The molecule has 2 aromatic rings. The maximum atomic E-state index is 13.3. The van der Waals surface area contributed by atoms with Gasteiger partial charge in [-0.1, -0.05) is 37.1 Å². The first-order valence-corrected chi connectivity index (χ1v) is 11.9. The third kappa shape index (κ3) is 6.24. The molecule has 0 radical (unpaired) electrons. The molecule has 2 aromatic carbocycles. The van der Waals surface area contributed by atoms with Gasteiger partial charge < -0.3 is 10.2 Å². The van der Waals surface area contributed by atoms with Gasteiger partial charge in [0.1, 0.15) is 12.3 Å². The van der Waals surface area contributed by atoms with Gasteiger partial charge in [0.25, 0.3) is 15.9 Å². The Kier molecular flexibility index (Phi) is 7.94. The Morgan fingerprint density at radius 1 is 1.00 bits per heavy atom. The highest BCUT2D eigenvalue weighted by Crippen LogP contribution is 2.25. The van der Waals surface area contributed by atoms with Crippen LogP contribution in [0.15, 0.2) is 71.3 Å². The van der Waals surface area contributed by atoms with E-state index in [0.717, 1.165) is 35.7 Å². The number of ether oxygens (including phenoxy) is 1. The highest BCUT2D eigenvalue weighted by molar-refractivity contribution is 7.92. The van der Waals surface area contributed by atoms with Crippen LogP contribution in [-0.2, 0) is 14.8 Å². The number of nitrogens with zero attached hydrogens (tertiary/aromatic N) is 1. The largest absolute Gasteiger partial charge is 0.497 e. The molecule has 0 bridgehead atoms. The number of benzene rings is 2. The van der Waals surface area contributed by atoms with Crippen molar-refractivity contribution in [2.45, 2.75) is 43.4 Å². The molecule has 0 saturated heterocycles. The lowest BCUT2D eigenvalue weighted by atomic mass is 10.0. The van der Waals surface area contributed by atoms with Crippen LogP contribution in [0.5, 0.6) is 5.75 Å². The van der Waals surface area contributed by atoms with Crippen LogP contribution in [0.1, 0.15) is 38.5 Å². The van der Waals surface area contributed by atoms with Crippen LogP contribution < -0.4 is 19.9 Å². The van der Waals surface area contributed by atoms with E-state index in [1.807, 2.05) is 0 Å². The van der Waals surface area contributed by atoms with Crippen molar-refractivity contribution in [1.82, 2.24) is 10.9 Å². The smallest absolute Gasteiger partial charge is 0.264 e. The first-order valence-electron chi connectivity index (χ1n) is 10.5. The summed E-state index contributed by atoms with van der Waals surface area (Å²) in [6, 6.07) is 14.7. The van der Waals surface area contributed by atoms with Gasteiger partial charge in [0.2, 0.25) is 0 Å². The molecule has 0 aromatic heterocycles. The van der Waals surface area contributed by atoms with Crippen LogP contribution in [0.4, 0.5) is 5.69 Å². The van der Waals surface area contributed by atoms with Crippen molar-refractivity contribution >= 4 is 21.6 Å². The fourth-order valence-electron chi connectivity index (χ4n) is 3.41. The minimum absolute atomic E-state index is 0.120. The zero-order chi connectivity index (χ0) is 22.1. The predicted molar refractivity (Wildman–Crippen MR) is 121 cm³/mol. The molecule has 8 heteroatoms. The van der Waals surface area contributed by atoms with Crippen molar-refractivity contribution in [2.24, 2.45) is 0 Å². The summed E-state index contributed by atoms with van der Waals surface area (Å²) >= 11 is 0. The van der Waals surface area contributed by atoms with E-state index in [2.05, 4.69) is 16.9 Å². The van der Waals surface area contributed by atoms with Crippen LogP contribution in [0.3, 0.4) is 0 Å². The molecule has 0 heterocycles. The van der Waals surface area contributed by atoms with Gasteiger partial charge in [-0.25, -0.2) is 8.42 Å². The molecule has 1 amide bonds. The number of hydrogen-bond donors (Lipinski definition) is 2. The molecule has 0 spiro atoms. The molecule has 1 aliphatic rings. The lowest BCUT2D eigenvalue weighted by molar-refractivity contribution is -0.120. The van der Waals surface area contributed by atoms with Crippen LogP contribution in [0.25, 0.3) is 0 Å². The fourth-order valence-corrected chi connectivity index (χ4v) is 4.85. The lowest BCUT2D eigenvalue weighted by Crippen LogP contribution is -2.45. The van der Waals surface area contributed by atoms with E-state index < -0.39 is 15.9 Å². The predicted octanol–water partition coefficient (Wildman–Crippen LogP) is 3.75. The molecule has 0 fully saturated rings. The van der Waals surface area contributed by atoms with E-state index in [1.54, 1.807) is 42.5 Å². The Labute approximate surface area is 184 Å². The van der Waals surface area contributed by atoms with Crippen molar-refractivity contribution in [3.05, 3.63) is 66.4 Å². The average Bonchev–Trinajstić information content (AvgIpc) is 2.77. The van der Waals surface area contributed by atoms with E-state index in [1.165, 1.54) is 32.1 Å². The molecule has 7 nitrogen and oxygen atoms in total. The molecule has 3 rings (SSSR count). The van der Waals surface area contributed by atoms with Crippen LogP contribution in [0.2, 0.25) is 0 Å². The number of rotatable bonds is 8. The maximum Gasteiger partial charge on any atom is 0.264 e. The van der Waals surface area contributed by atoms with E-state index in [-0.39, 0.29) is 11.4 Å². The summed E-state index contributed by atoms with van der Waals surface area (Å²) in [4.78, 5) is 12.8. The van der Waals surface area contributed by atoms with Gasteiger partial charge in [-0.2, -0.15) is 0 Å². The molecule has 0 unspecified atom stereocenters. The van der Waals surface area contributed by atoms with Crippen LogP contribution >= 0.6 is 0 Å². The average molecular weight is 444 g/mol. The van der Waals surface area contributed by atoms with Crippen molar-refractivity contribution in [1.29, 1.82) is 0 Å². The van der Waals surface area contributed by atoms with Gasteiger partial charge in [-0.15, -0.1) is 0 Å². The highest BCUT2D eigenvalue weighted by atomic mass is 32.2. The molecule has 0 saturated carbocycles. The fraction of sp³-hybridized carbons (Fsp3) is 0.348. The van der Waals surface area contributed by atoms with Crippen molar-refractivity contribution in [2.75, 3.05) is 18.0 Å². The summed E-state index contributed by atoms with van der Waals surface area (Å²) < 4.78 is 32.9. The number of sulfonamides is 1. The second kappa shape index (κ2) is 10.9. The number of hydrazine groups is 1. The summed E-state index contributed by atoms with van der Waals surface area (Å²) in [5.41, 5.74) is 6.98. The Balaban J connectivity index is 1.78. The molecular weight excluding hydrogens is 414 g/mol. The maximum absolute atomic E-state index is 13.3. The molecular formula is C23H29N3O4S. The van der Waals surface area contributed by atoms with Gasteiger partial charge in [-0.3, -0.25) is 14.5 Å². The minimum atomic E-state index is -3.93. The summed E-state index contributed by atoms with van der Waals surface area (Å²) in [5, 5.41) is 0. The Bertz CT molecular complexity index is 989.